The molecule has 0 aliphatic carbocycles. The van der Waals surface area contributed by atoms with Crippen molar-refractivity contribution < 1.29 is 4.79 Å². The summed E-state index contributed by atoms with van der Waals surface area (Å²) < 4.78 is 0. The van der Waals surface area contributed by atoms with Gasteiger partial charge in [0.05, 0.1) is 0 Å². The third-order valence-corrected chi connectivity index (χ3v) is 2.17. The van der Waals surface area contributed by atoms with Gasteiger partial charge in [-0.25, -0.2) is 0 Å². The lowest BCUT2D eigenvalue weighted by atomic mass is 9.94. The smallest absolute Gasteiger partial charge is 0.220 e. The summed E-state index contributed by atoms with van der Waals surface area (Å²) in [5, 5.41) is 2.96. The number of carbonyl (C=O) groups is 1. The summed E-state index contributed by atoms with van der Waals surface area (Å²) in [6.07, 6.45) is 0.711. The van der Waals surface area contributed by atoms with Crippen molar-refractivity contribution in [1.29, 1.82) is 0 Å². The summed E-state index contributed by atoms with van der Waals surface area (Å²) in [6.45, 7) is 6.42. The minimum atomic E-state index is 0.214. The maximum atomic E-state index is 10.9. The van der Waals surface area contributed by atoms with Crippen molar-refractivity contribution in [1.82, 2.24) is 5.32 Å². The first-order valence-electron chi connectivity index (χ1n) is 3.90. The van der Waals surface area contributed by atoms with Crippen molar-refractivity contribution >= 4 is 5.91 Å². The van der Waals surface area contributed by atoms with E-state index in [0.717, 1.165) is 0 Å². The fraction of sp³-hybridized carbons (Fsp3) is 0.875. The van der Waals surface area contributed by atoms with Crippen LogP contribution in [0, 0.1) is 11.8 Å². The Morgan fingerprint density at radius 1 is 1.60 bits per heavy atom. The first-order chi connectivity index (χ1) is 4.61. The van der Waals surface area contributed by atoms with Gasteiger partial charge in [0.15, 0.2) is 0 Å². The van der Waals surface area contributed by atoms with E-state index in [9.17, 15) is 4.79 Å². The van der Waals surface area contributed by atoms with Gasteiger partial charge >= 0.3 is 0 Å². The van der Waals surface area contributed by atoms with Gasteiger partial charge in [-0.3, -0.25) is 4.79 Å². The Bertz CT molecular complexity index is 142. The van der Waals surface area contributed by atoms with Crippen LogP contribution in [0.25, 0.3) is 0 Å². The van der Waals surface area contributed by atoms with E-state index in [1.807, 2.05) is 0 Å². The molecule has 0 bridgehead atoms. The van der Waals surface area contributed by atoms with E-state index in [4.69, 9.17) is 0 Å². The summed E-state index contributed by atoms with van der Waals surface area (Å²) in [7, 11) is 0. The van der Waals surface area contributed by atoms with Gasteiger partial charge in [0.1, 0.15) is 0 Å². The standard InChI is InChI=1S/C8H15NO/c1-5(2)8-6(3)4-7(10)9-8/h5-6,8H,4H2,1-3H3,(H,9,10). The number of carbonyl (C=O) groups excluding carboxylic acids is 1. The van der Waals surface area contributed by atoms with Crippen LogP contribution in [0.2, 0.25) is 0 Å². The van der Waals surface area contributed by atoms with Crippen molar-refractivity contribution in [3.63, 3.8) is 0 Å². The number of rotatable bonds is 1. The molecule has 0 spiro atoms. The van der Waals surface area contributed by atoms with Crippen molar-refractivity contribution in [2.45, 2.75) is 33.2 Å². The molecule has 0 aromatic carbocycles. The normalized spacial score (nSPS) is 33.0. The van der Waals surface area contributed by atoms with Crippen molar-refractivity contribution in [3.05, 3.63) is 0 Å². The second-order valence-electron chi connectivity index (χ2n) is 3.52. The van der Waals surface area contributed by atoms with Crippen LogP contribution in [0.15, 0.2) is 0 Å². The summed E-state index contributed by atoms with van der Waals surface area (Å²) in [6, 6.07) is 0.410. The van der Waals surface area contributed by atoms with Gasteiger partial charge in [-0.2, -0.15) is 0 Å². The molecule has 58 valence electrons. The van der Waals surface area contributed by atoms with Crippen molar-refractivity contribution in [2.75, 3.05) is 0 Å². The monoisotopic (exact) mass is 141 g/mol. The number of amides is 1. The lowest BCUT2D eigenvalue weighted by molar-refractivity contribution is -0.119. The molecule has 1 aliphatic heterocycles. The van der Waals surface area contributed by atoms with Crippen molar-refractivity contribution in [3.8, 4) is 0 Å². The van der Waals surface area contributed by atoms with E-state index >= 15 is 0 Å². The second-order valence-corrected chi connectivity index (χ2v) is 3.52. The molecular weight excluding hydrogens is 126 g/mol. The molecule has 2 unspecified atom stereocenters. The largest absolute Gasteiger partial charge is 0.353 e. The average Bonchev–Trinajstić information content (AvgIpc) is 2.10. The molecule has 0 aromatic rings. The second kappa shape index (κ2) is 2.60. The van der Waals surface area contributed by atoms with Gasteiger partial charge in [-0.15, -0.1) is 0 Å². The third kappa shape index (κ3) is 1.31. The molecule has 1 N–H and O–H groups in total. The molecule has 2 heteroatoms. The fourth-order valence-electron chi connectivity index (χ4n) is 1.63. The van der Waals surface area contributed by atoms with E-state index in [0.29, 0.717) is 24.3 Å². The maximum absolute atomic E-state index is 10.9. The van der Waals surface area contributed by atoms with Crippen LogP contribution in [-0.2, 0) is 4.79 Å². The van der Waals surface area contributed by atoms with Crippen LogP contribution in [0.5, 0.6) is 0 Å². The van der Waals surface area contributed by atoms with Gasteiger partial charge in [0.25, 0.3) is 0 Å². The lowest BCUT2D eigenvalue weighted by Gasteiger charge is -2.18. The molecule has 1 saturated heterocycles. The highest BCUT2D eigenvalue weighted by atomic mass is 16.2. The number of hydrogen-bond acceptors (Lipinski definition) is 1. The first kappa shape index (κ1) is 7.58. The summed E-state index contributed by atoms with van der Waals surface area (Å²) >= 11 is 0. The van der Waals surface area contributed by atoms with E-state index < -0.39 is 0 Å². The molecule has 1 fully saturated rings. The highest BCUT2D eigenvalue weighted by Crippen LogP contribution is 2.21. The molecule has 10 heavy (non-hydrogen) atoms. The van der Waals surface area contributed by atoms with Gasteiger partial charge in [-0.05, 0) is 11.8 Å². The highest BCUT2D eigenvalue weighted by Gasteiger charge is 2.30. The lowest BCUT2D eigenvalue weighted by Crippen LogP contribution is -2.32. The predicted octanol–water partition coefficient (Wildman–Crippen LogP) is 1.17. The average molecular weight is 141 g/mol. The van der Waals surface area contributed by atoms with Gasteiger partial charge in [0.2, 0.25) is 5.91 Å². The zero-order valence-corrected chi connectivity index (χ0v) is 6.85. The molecule has 0 aromatic heterocycles. The van der Waals surface area contributed by atoms with E-state index in [1.54, 1.807) is 0 Å². The van der Waals surface area contributed by atoms with Crippen LogP contribution < -0.4 is 5.32 Å². The Morgan fingerprint density at radius 3 is 2.40 bits per heavy atom. The van der Waals surface area contributed by atoms with Crippen LogP contribution in [-0.4, -0.2) is 11.9 Å². The number of nitrogens with one attached hydrogen (secondary N) is 1. The molecule has 0 radical (unpaired) electrons. The molecule has 2 nitrogen and oxygen atoms in total. The molecule has 2 atom stereocenters. The topological polar surface area (TPSA) is 29.1 Å². The zero-order valence-electron chi connectivity index (χ0n) is 6.85. The Balaban J connectivity index is 2.54. The van der Waals surface area contributed by atoms with Crippen LogP contribution in [0.1, 0.15) is 27.2 Å². The minimum absolute atomic E-state index is 0.214. The Hall–Kier alpha value is -0.530. The number of hydrogen-bond donors (Lipinski definition) is 1. The van der Waals surface area contributed by atoms with Gasteiger partial charge < -0.3 is 5.32 Å². The molecular formula is C8H15NO. The Kier molecular flexibility index (Phi) is 1.97. The molecule has 1 aliphatic rings. The molecule has 0 saturated carbocycles. The van der Waals surface area contributed by atoms with Crippen LogP contribution in [0.4, 0.5) is 0 Å². The third-order valence-electron chi connectivity index (χ3n) is 2.17. The summed E-state index contributed by atoms with van der Waals surface area (Å²) in [4.78, 5) is 10.9. The Morgan fingerprint density at radius 2 is 2.20 bits per heavy atom. The summed E-state index contributed by atoms with van der Waals surface area (Å²) in [5.74, 6) is 1.31. The molecule has 1 rings (SSSR count). The van der Waals surface area contributed by atoms with E-state index in [1.165, 1.54) is 0 Å². The molecule has 1 heterocycles. The fourth-order valence-corrected chi connectivity index (χ4v) is 1.63. The van der Waals surface area contributed by atoms with Crippen molar-refractivity contribution in [2.24, 2.45) is 11.8 Å². The SMILES string of the molecule is CC(C)C1NC(=O)CC1C. The van der Waals surface area contributed by atoms with Gasteiger partial charge in [-0.1, -0.05) is 20.8 Å². The van der Waals surface area contributed by atoms with E-state index in [-0.39, 0.29) is 5.91 Å². The predicted molar refractivity (Wildman–Crippen MR) is 40.5 cm³/mol. The quantitative estimate of drug-likeness (QED) is 0.583. The van der Waals surface area contributed by atoms with Crippen LogP contribution >= 0.6 is 0 Å². The minimum Gasteiger partial charge on any atom is -0.353 e. The Labute approximate surface area is 62.0 Å². The molecule has 1 amide bonds. The van der Waals surface area contributed by atoms with Gasteiger partial charge in [0, 0.05) is 12.5 Å². The van der Waals surface area contributed by atoms with Crippen LogP contribution in [0.3, 0.4) is 0 Å². The van der Waals surface area contributed by atoms with E-state index in [2.05, 4.69) is 26.1 Å². The highest BCUT2D eigenvalue weighted by molar-refractivity contribution is 5.78. The summed E-state index contributed by atoms with van der Waals surface area (Å²) in [5.41, 5.74) is 0. The zero-order chi connectivity index (χ0) is 7.72. The maximum Gasteiger partial charge on any atom is 0.220 e. The first-order valence-corrected chi connectivity index (χ1v) is 3.90.